The summed E-state index contributed by atoms with van der Waals surface area (Å²) >= 11 is 0. The highest BCUT2D eigenvalue weighted by Crippen LogP contribution is 2.03. The zero-order chi connectivity index (χ0) is 10.4. The number of urea groups is 1. The Bertz CT molecular complexity index is 346. The molecule has 72 valence electrons. The van der Waals surface area contributed by atoms with Crippen molar-refractivity contribution < 1.29 is 9.59 Å². The van der Waals surface area contributed by atoms with E-state index in [-0.39, 0.29) is 0 Å². The maximum absolute atomic E-state index is 11.1. The molecule has 0 saturated carbocycles. The number of nitrogens with one attached hydrogen (secondary N) is 2. The number of amides is 3. The molecule has 4 heteroatoms. The molecule has 3 amide bonds. The molecule has 2 N–H and O–H groups in total. The van der Waals surface area contributed by atoms with Crippen LogP contribution in [0, 0.1) is 0 Å². The van der Waals surface area contributed by atoms with Gasteiger partial charge in [0.15, 0.2) is 0 Å². The van der Waals surface area contributed by atoms with Gasteiger partial charge in [-0.25, -0.2) is 4.79 Å². The molecule has 0 aromatic heterocycles. The van der Waals surface area contributed by atoms with Crippen LogP contribution in [0.25, 0.3) is 0 Å². The van der Waals surface area contributed by atoms with E-state index in [2.05, 4.69) is 17.2 Å². The predicted octanol–water partition coefficient (Wildman–Crippen LogP) is 1.52. The molecule has 1 rings (SSSR count). The molecular formula is C10H10N2O2. The van der Waals surface area contributed by atoms with Crippen LogP contribution in [-0.4, -0.2) is 11.9 Å². The molecule has 1 aromatic rings. The summed E-state index contributed by atoms with van der Waals surface area (Å²) in [7, 11) is 0. The first kappa shape index (κ1) is 9.98. The predicted molar refractivity (Wildman–Crippen MR) is 53.8 cm³/mol. The number of carbonyl (C=O) groups excluding carboxylic acids is 2. The second-order valence-electron chi connectivity index (χ2n) is 2.51. The summed E-state index contributed by atoms with van der Waals surface area (Å²) in [6, 6.07) is 8.27. The summed E-state index contributed by atoms with van der Waals surface area (Å²) in [4.78, 5) is 21.8. The van der Waals surface area contributed by atoms with E-state index in [0.717, 1.165) is 6.08 Å². The first-order valence-corrected chi connectivity index (χ1v) is 4.02. The number of imide groups is 1. The van der Waals surface area contributed by atoms with Crippen molar-refractivity contribution in [2.75, 3.05) is 5.32 Å². The van der Waals surface area contributed by atoms with E-state index < -0.39 is 11.9 Å². The van der Waals surface area contributed by atoms with Crippen molar-refractivity contribution in [3.8, 4) is 0 Å². The average Bonchev–Trinajstić information content (AvgIpc) is 2.19. The lowest BCUT2D eigenvalue weighted by molar-refractivity contribution is -0.115. The highest BCUT2D eigenvalue weighted by atomic mass is 16.2. The highest BCUT2D eigenvalue weighted by Gasteiger charge is 2.03. The van der Waals surface area contributed by atoms with Crippen molar-refractivity contribution >= 4 is 17.6 Å². The van der Waals surface area contributed by atoms with Crippen LogP contribution in [0.15, 0.2) is 43.0 Å². The van der Waals surface area contributed by atoms with E-state index in [1.54, 1.807) is 24.3 Å². The minimum Gasteiger partial charge on any atom is -0.308 e. The molecule has 0 atom stereocenters. The number of hydrogen-bond acceptors (Lipinski definition) is 2. The second kappa shape index (κ2) is 4.81. The topological polar surface area (TPSA) is 58.2 Å². The van der Waals surface area contributed by atoms with Crippen LogP contribution >= 0.6 is 0 Å². The molecule has 0 aliphatic rings. The summed E-state index contributed by atoms with van der Waals surface area (Å²) in [5.41, 5.74) is 0.627. The average molecular weight is 190 g/mol. The molecule has 0 radical (unpaired) electrons. The molecule has 0 heterocycles. The van der Waals surface area contributed by atoms with Crippen molar-refractivity contribution in [2.45, 2.75) is 0 Å². The van der Waals surface area contributed by atoms with Gasteiger partial charge in [-0.05, 0) is 18.2 Å². The second-order valence-corrected chi connectivity index (χ2v) is 2.51. The smallest absolute Gasteiger partial charge is 0.308 e. The Kier molecular flexibility index (Phi) is 3.43. The monoisotopic (exact) mass is 190 g/mol. The van der Waals surface area contributed by atoms with Crippen molar-refractivity contribution in [2.24, 2.45) is 0 Å². The van der Waals surface area contributed by atoms with Crippen molar-refractivity contribution in [3.63, 3.8) is 0 Å². The van der Waals surface area contributed by atoms with Gasteiger partial charge in [0.2, 0.25) is 0 Å². The van der Waals surface area contributed by atoms with Crippen molar-refractivity contribution in [1.82, 2.24) is 5.32 Å². The third kappa shape index (κ3) is 3.10. The maximum Gasteiger partial charge on any atom is 0.326 e. The van der Waals surface area contributed by atoms with Crippen LogP contribution in [0.4, 0.5) is 10.5 Å². The molecule has 0 spiro atoms. The SMILES string of the molecule is C=CC(=O)NC(=O)Nc1ccccc1. The normalized spacial score (nSPS) is 8.86. The van der Waals surface area contributed by atoms with Gasteiger partial charge in [0.05, 0.1) is 0 Å². The lowest BCUT2D eigenvalue weighted by atomic mass is 10.3. The van der Waals surface area contributed by atoms with Gasteiger partial charge in [0.1, 0.15) is 0 Å². The number of carbonyl (C=O) groups is 2. The summed E-state index contributed by atoms with van der Waals surface area (Å²) in [5, 5.41) is 4.56. The van der Waals surface area contributed by atoms with E-state index in [4.69, 9.17) is 0 Å². The molecule has 14 heavy (non-hydrogen) atoms. The lowest BCUT2D eigenvalue weighted by Crippen LogP contribution is -2.32. The Morgan fingerprint density at radius 3 is 2.43 bits per heavy atom. The van der Waals surface area contributed by atoms with Crippen LogP contribution in [0.1, 0.15) is 0 Å². The standard InChI is InChI=1S/C10H10N2O2/c1-2-9(13)12-10(14)11-8-6-4-3-5-7-8/h2-7H,1H2,(H2,11,12,13,14). The number of para-hydroxylation sites is 1. The Labute approximate surface area is 81.6 Å². The third-order valence-electron chi connectivity index (χ3n) is 1.45. The van der Waals surface area contributed by atoms with E-state index in [9.17, 15) is 9.59 Å². The number of benzene rings is 1. The Hall–Kier alpha value is -2.10. The van der Waals surface area contributed by atoms with Gasteiger partial charge >= 0.3 is 6.03 Å². The maximum atomic E-state index is 11.1. The summed E-state index contributed by atoms with van der Waals surface area (Å²) < 4.78 is 0. The fourth-order valence-corrected chi connectivity index (χ4v) is 0.847. The molecule has 0 aliphatic carbocycles. The molecule has 0 unspecified atom stereocenters. The first-order valence-electron chi connectivity index (χ1n) is 4.02. The van der Waals surface area contributed by atoms with Crippen molar-refractivity contribution in [3.05, 3.63) is 43.0 Å². The van der Waals surface area contributed by atoms with E-state index >= 15 is 0 Å². The quantitative estimate of drug-likeness (QED) is 0.694. The van der Waals surface area contributed by atoms with Crippen LogP contribution < -0.4 is 10.6 Å². The molecule has 1 aromatic carbocycles. The lowest BCUT2D eigenvalue weighted by Gasteiger charge is -2.03. The fraction of sp³-hybridized carbons (Fsp3) is 0. The molecule has 4 nitrogen and oxygen atoms in total. The third-order valence-corrected chi connectivity index (χ3v) is 1.45. The summed E-state index contributed by atoms with van der Waals surface area (Å²) in [6.07, 6.45) is 1.03. The molecule has 0 fully saturated rings. The van der Waals surface area contributed by atoms with Gasteiger partial charge in [-0.3, -0.25) is 10.1 Å². The van der Waals surface area contributed by atoms with Gasteiger partial charge in [-0.2, -0.15) is 0 Å². The van der Waals surface area contributed by atoms with Gasteiger partial charge in [0, 0.05) is 5.69 Å². The largest absolute Gasteiger partial charge is 0.326 e. The molecule has 0 bridgehead atoms. The van der Waals surface area contributed by atoms with Gasteiger partial charge in [0.25, 0.3) is 5.91 Å². The fourth-order valence-electron chi connectivity index (χ4n) is 0.847. The number of anilines is 1. The zero-order valence-electron chi connectivity index (χ0n) is 7.49. The van der Waals surface area contributed by atoms with Crippen LogP contribution in [0.3, 0.4) is 0 Å². The minimum atomic E-state index is -0.568. The van der Waals surface area contributed by atoms with Gasteiger partial charge < -0.3 is 5.32 Å². The highest BCUT2D eigenvalue weighted by molar-refractivity contribution is 6.04. The van der Waals surface area contributed by atoms with Crippen molar-refractivity contribution in [1.29, 1.82) is 0 Å². The van der Waals surface area contributed by atoms with E-state index in [1.165, 1.54) is 0 Å². The molecular weight excluding hydrogens is 180 g/mol. The number of rotatable bonds is 2. The molecule has 0 saturated heterocycles. The van der Waals surface area contributed by atoms with E-state index in [1.807, 2.05) is 6.07 Å². The Balaban J connectivity index is 2.50. The summed E-state index contributed by atoms with van der Waals surface area (Å²) in [6.45, 7) is 3.23. The minimum absolute atomic E-state index is 0.529. The van der Waals surface area contributed by atoms with E-state index in [0.29, 0.717) is 5.69 Å². The number of hydrogen-bond donors (Lipinski definition) is 2. The summed E-state index contributed by atoms with van der Waals surface area (Å²) in [5.74, 6) is -0.529. The van der Waals surface area contributed by atoms with Crippen LogP contribution in [0.2, 0.25) is 0 Å². The van der Waals surface area contributed by atoms with Gasteiger partial charge in [-0.15, -0.1) is 0 Å². The Morgan fingerprint density at radius 1 is 1.21 bits per heavy atom. The van der Waals surface area contributed by atoms with Crippen LogP contribution in [-0.2, 0) is 4.79 Å². The Morgan fingerprint density at radius 2 is 1.86 bits per heavy atom. The van der Waals surface area contributed by atoms with Crippen LogP contribution in [0.5, 0.6) is 0 Å². The van der Waals surface area contributed by atoms with Gasteiger partial charge in [-0.1, -0.05) is 24.8 Å². The zero-order valence-corrected chi connectivity index (χ0v) is 7.49. The molecule has 0 aliphatic heterocycles. The first-order chi connectivity index (χ1) is 6.72.